The van der Waals surface area contributed by atoms with Crippen LogP contribution in [-0.2, 0) is 0 Å². The number of hydrogen-bond donors (Lipinski definition) is 0. The molecule has 0 aromatic heterocycles. The predicted molar refractivity (Wildman–Crippen MR) is 258 cm³/mol. The Labute approximate surface area is 353 Å². The van der Waals surface area contributed by atoms with Crippen molar-refractivity contribution in [1.29, 1.82) is 0 Å². The van der Waals surface area contributed by atoms with Gasteiger partial charge in [0.25, 0.3) is 0 Å². The van der Waals surface area contributed by atoms with Crippen molar-refractivity contribution in [2.75, 3.05) is 9.80 Å². The van der Waals surface area contributed by atoms with Gasteiger partial charge in [-0.3, -0.25) is 0 Å². The molecule has 0 heterocycles. The first-order valence-electron chi connectivity index (χ1n) is 20.3. The summed E-state index contributed by atoms with van der Waals surface area (Å²) in [6.07, 6.45) is 5.66. The normalized spacial score (nSPS) is 11.2. The largest absolute Gasteiger partial charge is 0.310 e. The molecule has 9 aromatic rings. The van der Waals surface area contributed by atoms with Gasteiger partial charge in [0.1, 0.15) is 0 Å². The highest BCUT2D eigenvalue weighted by molar-refractivity contribution is 5.99. The van der Waals surface area contributed by atoms with Crippen LogP contribution in [-0.4, -0.2) is 0 Å². The third-order valence-electron chi connectivity index (χ3n) is 11.0. The molecule has 0 atom stereocenters. The zero-order valence-corrected chi connectivity index (χ0v) is 33.4. The summed E-state index contributed by atoms with van der Waals surface area (Å²) in [6.45, 7) is 7.92. The first-order valence-corrected chi connectivity index (χ1v) is 20.3. The molecule has 60 heavy (non-hydrogen) atoms. The maximum atomic E-state index is 4.03. The van der Waals surface area contributed by atoms with Gasteiger partial charge in [0.05, 0.1) is 11.4 Å². The summed E-state index contributed by atoms with van der Waals surface area (Å²) in [5, 5.41) is 2.43. The van der Waals surface area contributed by atoms with Gasteiger partial charge in [-0.15, -0.1) is 0 Å². The van der Waals surface area contributed by atoms with Crippen LogP contribution in [0.2, 0.25) is 0 Å². The lowest BCUT2D eigenvalue weighted by atomic mass is 9.97. The molecule has 0 aliphatic rings. The molecule has 2 heteroatoms. The number of benzene rings is 9. The highest BCUT2D eigenvalue weighted by Gasteiger charge is 2.19. The molecule has 0 saturated carbocycles. The topological polar surface area (TPSA) is 6.48 Å². The van der Waals surface area contributed by atoms with Crippen LogP contribution in [0.25, 0.3) is 49.7 Å². The van der Waals surface area contributed by atoms with E-state index >= 15 is 0 Å². The van der Waals surface area contributed by atoms with Crippen LogP contribution in [0.15, 0.2) is 256 Å². The molecule has 0 radical (unpaired) electrons. The minimum Gasteiger partial charge on any atom is -0.310 e. The van der Waals surface area contributed by atoms with Gasteiger partial charge in [-0.05, 0) is 105 Å². The summed E-state index contributed by atoms with van der Waals surface area (Å²) >= 11 is 0. The van der Waals surface area contributed by atoms with Gasteiger partial charge in [-0.2, -0.15) is 0 Å². The number of allylic oxidation sites excluding steroid dienone is 4. The predicted octanol–water partition coefficient (Wildman–Crippen LogP) is 16.5. The lowest BCUT2D eigenvalue weighted by Crippen LogP contribution is -2.11. The van der Waals surface area contributed by atoms with Crippen molar-refractivity contribution in [3.63, 3.8) is 0 Å². The van der Waals surface area contributed by atoms with Gasteiger partial charge in [0.2, 0.25) is 0 Å². The number of rotatable bonds is 12. The first kappa shape index (κ1) is 37.6. The SMILES string of the molecule is C=C/C=C(\C=C)c1ccc(N(c2ccc(-c3ccccc3)cc2)c2ccccc2-c2ccc(-c3ccc(N(c4ccccc4)c4cccc5ccccc45)cc3)cc2)cc1. The summed E-state index contributed by atoms with van der Waals surface area (Å²) in [5.41, 5.74) is 15.7. The van der Waals surface area contributed by atoms with Crippen molar-refractivity contribution < 1.29 is 0 Å². The average Bonchev–Trinajstić information content (AvgIpc) is 3.33. The smallest absolute Gasteiger partial charge is 0.0540 e. The van der Waals surface area contributed by atoms with E-state index < -0.39 is 0 Å². The molecular weight excluding hydrogens is 725 g/mol. The maximum Gasteiger partial charge on any atom is 0.0540 e. The minimum atomic E-state index is 1.03. The van der Waals surface area contributed by atoms with Crippen molar-refractivity contribution in [2.45, 2.75) is 0 Å². The van der Waals surface area contributed by atoms with Crippen molar-refractivity contribution in [3.05, 3.63) is 261 Å². The molecule has 9 aromatic carbocycles. The van der Waals surface area contributed by atoms with Crippen molar-refractivity contribution >= 4 is 50.5 Å². The average molecular weight is 769 g/mol. The summed E-state index contributed by atoms with van der Waals surface area (Å²) in [7, 11) is 0. The van der Waals surface area contributed by atoms with Crippen LogP contribution in [0.5, 0.6) is 0 Å². The second-order valence-electron chi connectivity index (χ2n) is 14.7. The van der Waals surface area contributed by atoms with E-state index in [1.165, 1.54) is 21.9 Å². The highest BCUT2D eigenvalue weighted by Crippen LogP contribution is 2.43. The van der Waals surface area contributed by atoms with E-state index in [9.17, 15) is 0 Å². The van der Waals surface area contributed by atoms with Crippen molar-refractivity contribution in [3.8, 4) is 33.4 Å². The summed E-state index contributed by atoms with van der Waals surface area (Å²) in [6, 6.07) is 80.3. The van der Waals surface area contributed by atoms with Gasteiger partial charge in [-0.25, -0.2) is 0 Å². The fraction of sp³-hybridized carbons (Fsp3) is 0. The molecule has 0 fully saturated rings. The minimum absolute atomic E-state index is 1.03. The lowest BCUT2D eigenvalue weighted by Gasteiger charge is -2.28. The fourth-order valence-electron chi connectivity index (χ4n) is 8.04. The van der Waals surface area contributed by atoms with E-state index in [-0.39, 0.29) is 0 Å². The van der Waals surface area contributed by atoms with Gasteiger partial charge in [-0.1, -0.05) is 195 Å². The van der Waals surface area contributed by atoms with Crippen molar-refractivity contribution in [1.82, 2.24) is 0 Å². The number of nitrogens with zero attached hydrogens (tertiary/aromatic N) is 2. The summed E-state index contributed by atoms with van der Waals surface area (Å²) in [5.74, 6) is 0. The van der Waals surface area contributed by atoms with Crippen LogP contribution in [0.4, 0.5) is 34.1 Å². The van der Waals surface area contributed by atoms with Gasteiger partial charge < -0.3 is 9.80 Å². The molecule has 0 N–H and O–H groups in total. The number of anilines is 6. The molecule has 0 spiro atoms. The van der Waals surface area contributed by atoms with Crippen LogP contribution in [0.1, 0.15) is 5.56 Å². The van der Waals surface area contributed by atoms with E-state index in [1.807, 2.05) is 12.2 Å². The molecule has 2 nitrogen and oxygen atoms in total. The molecule has 0 aliphatic heterocycles. The van der Waals surface area contributed by atoms with Crippen LogP contribution in [0.3, 0.4) is 0 Å². The highest BCUT2D eigenvalue weighted by atomic mass is 15.1. The van der Waals surface area contributed by atoms with Crippen LogP contribution >= 0.6 is 0 Å². The number of hydrogen-bond acceptors (Lipinski definition) is 2. The molecule has 286 valence electrons. The molecular formula is C58H44N2. The molecule has 0 bridgehead atoms. The Morgan fingerprint density at radius 1 is 0.350 bits per heavy atom. The third-order valence-corrected chi connectivity index (χ3v) is 11.0. The lowest BCUT2D eigenvalue weighted by molar-refractivity contribution is 1.28. The molecule has 0 unspecified atom stereocenters. The standard InChI is InChI=1S/C58H44N2/c1-3-16-43(4-2)45-31-37-53(38-32-45)60(54-39-33-47(34-40-54)44-17-7-5-8-18-44)57-25-14-13-24-56(57)50-29-27-46(28-30-50)48-35-41-52(42-36-48)59(51-21-9-6-10-22-51)58-26-15-20-49-19-11-12-23-55(49)58/h3-42H,1-2H2/b43-16+. The Hall–Kier alpha value is -7.94. The quantitative estimate of drug-likeness (QED) is 0.114. The molecule has 0 amide bonds. The second kappa shape index (κ2) is 17.3. The van der Waals surface area contributed by atoms with Gasteiger partial charge >= 0.3 is 0 Å². The first-order chi connectivity index (χ1) is 29.7. The third kappa shape index (κ3) is 7.70. The number of para-hydroxylation sites is 2. The van der Waals surface area contributed by atoms with E-state index in [0.29, 0.717) is 0 Å². The van der Waals surface area contributed by atoms with Crippen LogP contribution < -0.4 is 9.80 Å². The molecule has 9 rings (SSSR count). The van der Waals surface area contributed by atoms with Gasteiger partial charge in [0.15, 0.2) is 0 Å². The summed E-state index contributed by atoms with van der Waals surface area (Å²) < 4.78 is 0. The van der Waals surface area contributed by atoms with Crippen LogP contribution in [0, 0.1) is 0 Å². The Morgan fingerprint density at radius 3 is 1.40 bits per heavy atom. The Balaban J connectivity index is 1.06. The van der Waals surface area contributed by atoms with E-state index in [2.05, 4.69) is 247 Å². The Morgan fingerprint density at radius 2 is 0.783 bits per heavy atom. The molecule has 0 aliphatic carbocycles. The monoisotopic (exact) mass is 768 g/mol. The van der Waals surface area contributed by atoms with E-state index in [0.717, 1.165) is 67.5 Å². The van der Waals surface area contributed by atoms with E-state index in [1.54, 1.807) is 6.08 Å². The summed E-state index contributed by atoms with van der Waals surface area (Å²) in [4.78, 5) is 4.69. The second-order valence-corrected chi connectivity index (χ2v) is 14.7. The zero-order valence-electron chi connectivity index (χ0n) is 33.4. The van der Waals surface area contributed by atoms with E-state index in [4.69, 9.17) is 0 Å². The zero-order chi connectivity index (χ0) is 40.7. The molecule has 0 saturated heterocycles. The Kier molecular flexibility index (Phi) is 10.8. The number of fused-ring (bicyclic) bond motifs is 1. The fourth-order valence-corrected chi connectivity index (χ4v) is 8.04. The maximum absolute atomic E-state index is 4.03. The van der Waals surface area contributed by atoms with Crippen molar-refractivity contribution in [2.24, 2.45) is 0 Å². The van der Waals surface area contributed by atoms with Gasteiger partial charge in [0, 0.05) is 33.7 Å². The Bertz CT molecular complexity index is 2900.